The van der Waals surface area contributed by atoms with Gasteiger partial charge in [-0.1, -0.05) is 12.1 Å². The van der Waals surface area contributed by atoms with E-state index in [4.69, 9.17) is 9.47 Å². The number of ether oxygens (including phenoxy) is 2. The topological polar surface area (TPSA) is 105 Å². The number of halogens is 1. The first-order valence-electron chi connectivity index (χ1n) is 9.67. The van der Waals surface area contributed by atoms with Crippen molar-refractivity contribution < 1.29 is 28.1 Å². The molecule has 3 atom stereocenters. The molecule has 0 bridgehead atoms. The van der Waals surface area contributed by atoms with Gasteiger partial charge < -0.3 is 25.0 Å². The average molecular weight is 456 g/mol. The third-order valence-corrected chi connectivity index (χ3v) is 6.73. The molecule has 164 valence electrons. The molecule has 2 heterocycles. The molecule has 3 N–H and O–H groups in total. The number of aryl methyl sites for hydroxylation is 1. The highest BCUT2D eigenvalue weighted by Gasteiger charge is 2.30. The molecule has 2 aromatic rings. The van der Waals surface area contributed by atoms with Crippen LogP contribution in [0.25, 0.3) is 0 Å². The fraction of sp³-hybridized carbons (Fsp3) is 0.429. The van der Waals surface area contributed by atoms with Crippen LogP contribution in [0.1, 0.15) is 36.5 Å². The van der Waals surface area contributed by atoms with Crippen LogP contribution < -0.4 is 14.8 Å². The molecule has 4 rings (SSSR count). The van der Waals surface area contributed by atoms with Crippen LogP contribution in [0, 0.1) is 0 Å². The Bertz CT molecular complexity index is 1010. The molecule has 1 fully saturated rings. The highest BCUT2D eigenvalue weighted by molar-refractivity contribution is 7.90. The molecule has 7 nitrogen and oxygen atoms in total. The summed E-state index contributed by atoms with van der Waals surface area (Å²) >= 11 is 0. The first kappa shape index (κ1) is 22.7. The number of aromatic hydroxyl groups is 1. The molecule has 1 saturated heterocycles. The van der Waals surface area contributed by atoms with Crippen molar-refractivity contribution in [3.05, 3.63) is 47.5 Å². The van der Waals surface area contributed by atoms with Gasteiger partial charge in [-0.3, -0.25) is 0 Å². The molecular weight excluding hydrogens is 430 g/mol. The lowest BCUT2D eigenvalue weighted by Gasteiger charge is -2.21. The predicted molar refractivity (Wildman–Crippen MR) is 114 cm³/mol. The van der Waals surface area contributed by atoms with E-state index >= 15 is 0 Å². The quantitative estimate of drug-likeness (QED) is 0.615. The first-order valence-corrected chi connectivity index (χ1v) is 11.6. The van der Waals surface area contributed by atoms with Crippen LogP contribution in [0.4, 0.5) is 0 Å². The van der Waals surface area contributed by atoms with E-state index in [-0.39, 0.29) is 41.9 Å². The molecule has 0 amide bonds. The van der Waals surface area contributed by atoms with Crippen molar-refractivity contribution in [1.82, 2.24) is 5.32 Å². The zero-order valence-corrected chi connectivity index (χ0v) is 18.2. The summed E-state index contributed by atoms with van der Waals surface area (Å²) in [5, 5.41) is 24.0. The molecule has 0 spiro atoms. The van der Waals surface area contributed by atoms with Gasteiger partial charge in [0.05, 0.1) is 6.10 Å². The zero-order chi connectivity index (χ0) is 20.6. The SMILES string of the molecule is CS(=O)(=O)c1cc(C(O)C2CCC(CCc3ccc4c(c3)OCO4)N2)ccc1O.Cl. The van der Waals surface area contributed by atoms with E-state index in [1.807, 2.05) is 18.2 Å². The Hall–Kier alpha value is -2.00. The Morgan fingerprint density at radius 2 is 1.90 bits per heavy atom. The maximum Gasteiger partial charge on any atom is 0.231 e. The normalized spacial score (nSPS) is 21.3. The summed E-state index contributed by atoms with van der Waals surface area (Å²) in [6.07, 6.45) is 3.73. The van der Waals surface area contributed by atoms with Gasteiger partial charge in [-0.05, 0) is 61.1 Å². The van der Waals surface area contributed by atoms with Crippen molar-refractivity contribution in [2.24, 2.45) is 0 Å². The maximum atomic E-state index is 11.8. The molecule has 0 aromatic heterocycles. The van der Waals surface area contributed by atoms with Crippen LogP contribution in [-0.2, 0) is 16.3 Å². The zero-order valence-electron chi connectivity index (χ0n) is 16.6. The summed E-state index contributed by atoms with van der Waals surface area (Å²) in [6.45, 7) is 0.265. The second-order valence-corrected chi connectivity index (χ2v) is 9.70. The van der Waals surface area contributed by atoms with Gasteiger partial charge >= 0.3 is 0 Å². The molecule has 3 unspecified atom stereocenters. The molecule has 0 saturated carbocycles. The van der Waals surface area contributed by atoms with E-state index in [1.165, 1.54) is 17.7 Å². The highest BCUT2D eigenvalue weighted by Crippen LogP contribution is 2.34. The lowest BCUT2D eigenvalue weighted by Crippen LogP contribution is -2.34. The summed E-state index contributed by atoms with van der Waals surface area (Å²) in [5.41, 5.74) is 1.66. The Balaban J connectivity index is 0.00000256. The summed E-state index contributed by atoms with van der Waals surface area (Å²) in [6, 6.07) is 10.3. The van der Waals surface area contributed by atoms with Crippen LogP contribution in [0.15, 0.2) is 41.3 Å². The Kier molecular flexibility index (Phi) is 6.81. The van der Waals surface area contributed by atoms with Gasteiger partial charge in [0.15, 0.2) is 21.3 Å². The maximum absolute atomic E-state index is 11.8. The second kappa shape index (κ2) is 9.01. The van der Waals surface area contributed by atoms with Crippen molar-refractivity contribution in [3.8, 4) is 17.2 Å². The van der Waals surface area contributed by atoms with E-state index in [0.29, 0.717) is 5.56 Å². The van der Waals surface area contributed by atoms with Crippen molar-refractivity contribution in [2.75, 3.05) is 13.0 Å². The van der Waals surface area contributed by atoms with E-state index in [0.717, 1.165) is 43.4 Å². The van der Waals surface area contributed by atoms with Gasteiger partial charge in [-0.15, -0.1) is 12.4 Å². The number of aliphatic hydroxyl groups excluding tert-OH is 1. The predicted octanol–water partition coefficient (Wildman–Crippen LogP) is 2.73. The van der Waals surface area contributed by atoms with E-state index in [2.05, 4.69) is 5.32 Å². The molecule has 2 aromatic carbocycles. The molecule has 30 heavy (non-hydrogen) atoms. The van der Waals surface area contributed by atoms with Crippen LogP contribution in [0.2, 0.25) is 0 Å². The van der Waals surface area contributed by atoms with Crippen molar-refractivity contribution in [1.29, 1.82) is 0 Å². The van der Waals surface area contributed by atoms with Crippen LogP contribution in [-0.4, -0.2) is 43.8 Å². The number of nitrogens with one attached hydrogen (secondary N) is 1. The summed E-state index contributed by atoms with van der Waals surface area (Å²) in [5.74, 6) is 1.26. The number of phenolic OH excluding ortho intramolecular Hbond substituents is 1. The number of benzene rings is 2. The third-order valence-electron chi connectivity index (χ3n) is 5.60. The molecular formula is C21H26ClNO6S. The highest BCUT2D eigenvalue weighted by atomic mass is 35.5. The lowest BCUT2D eigenvalue weighted by molar-refractivity contribution is 0.134. The van der Waals surface area contributed by atoms with Gasteiger partial charge in [0.25, 0.3) is 0 Å². The van der Waals surface area contributed by atoms with Gasteiger partial charge in [0.2, 0.25) is 6.79 Å². The number of aliphatic hydroxyl groups is 1. The van der Waals surface area contributed by atoms with Gasteiger partial charge in [0.1, 0.15) is 10.6 Å². The van der Waals surface area contributed by atoms with E-state index in [9.17, 15) is 18.6 Å². The van der Waals surface area contributed by atoms with Crippen LogP contribution in [0.3, 0.4) is 0 Å². The van der Waals surface area contributed by atoms with Crippen molar-refractivity contribution >= 4 is 22.2 Å². The monoisotopic (exact) mass is 455 g/mol. The average Bonchev–Trinajstić information content (AvgIpc) is 3.34. The molecule has 2 aliphatic rings. The fourth-order valence-electron chi connectivity index (χ4n) is 4.01. The van der Waals surface area contributed by atoms with Gasteiger partial charge in [0, 0.05) is 18.3 Å². The minimum absolute atomic E-state index is 0. The van der Waals surface area contributed by atoms with Crippen LogP contribution >= 0.6 is 12.4 Å². The Labute approximate surface area is 182 Å². The standard InChI is InChI=1S/C21H25NO6S.ClH/c1-29(25,26)20-11-14(4-8-17(20)23)21(24)16-7-6-15(22-16)5-2-13-3-9-18-19(10-13)28-12-27-18;/h3-4,8-11,15-16,21-24H,2,5-7,12H2,1H3;1H. The minimum atomic E-state index is -3.57. The summed E-state index contributed by atoms with van der Waals surface area (Å²) in [7, 11) is -3.57. The number of rotatable bonds is 6. The summed E-state index contributed by atoms with van der Waals surface area (Å²) < 4.78 is 34.4. The number of hydrogen-bond acceptors (Lipinski definition) is 7. The second-order valence-electron chi connectivity index (χ2n) is 7.72. The number of sulfone groups is 1. The number of hydrogen-bond donors (Lipinski definition) is 3. The van der Waals surface area contributed by atoms with Crippen LogP contribution in [0.5, 0.6) is 17.2 Å². The van der Waals surface area contributed by atoms with Gasteiger partial charge in [-0.2, -0.15) is 0 Å². The van der Waals surface area contributed by atoms with Gasteiger partial charge in [-0.25, -0.2) is 8.42 Å². The fourth-order valence-corrected chi connectivity index (χ4v) is 4.81. The molecule has 9 heteroatoms. The van der Waals surface area contributed by atoms with E-state index < -0.39 is 15.9 Å². The molecule has 0 radical (unpaired) electrons. The summed E-state index contributed by atoms with van der Waals surface area (Å²) in [4.78, 5) is -0.161. The largest absolute Gasteiger partial charge is 0.507 e. The molecule has 0 aliphatic carbocycles. The molecule has 2 aliphatic heterocycles. The van der Waals surface area contributed by atoms with E-state index in [1.54, 1.807) is 6.07 Å². The Morgan fingerprint density at radius 3 is 2.67 bits per heavy atom. The lowest BCUT2D eigenvalue weighted by atomic mass is 10.0. The smallest absolute Gasteiger partial charge is 0.231 e. The Morgan fingerprint density at radius 1 is 1.13 bits per heavy atom. The third kappa shape index (κ3) is 4.83. The first-order chi connectivity index (χ1) is 13.8. The van der Waals surface area contributed by atoms with Crippen molar-refractivity contribution in [2.45, 2.75) is 48.8 Å². The number of phenols is 1. The number of fused-ring (bicyclic) bond motifs is 1. The minimum Gasteiger partial charge on any atom is -0.507 e. The van der Waals surface area contributed by atoms with Crippen molar-refractivity contribution in [3.63, 3.8) is 0 Å².